The standard InChI is InChI=1S/C71H124O5/c1-3-5-7-9-11-13-15-17-19-21-23-25-27-29-31-32-33-34-35-36-37-38-40-41-43-45-47-49-51-53-55-57-59-61-63-65-70(73)75-68-69(67-72)76-71(74)66-64-62-60-58-56-54-52-50-48-46-44-42-39-30-28-26-24-22-20-18-16-14-12-10-8-6-4-2/h6,8,12,14,18,20-21,23-24,26,30,39,44,46,50,52,69,72H,3-5,7,9-11,13,15-17,19,22,25,27-29,31-38,40-43,45,47-49,51,53-68H2,1-2H3/b8-6-,14-12-,20-18-,23-21-,26-24-,39-30-,46-44-,52-50-. The molecule has 0 aliphatic heterocycles. The molecule has 0 rings (SSSR count). The molecular formula is C71H124O5. The zero-order valence-corrected chi connectivity index (χ0v) is 50.3. The fourth-order valence-corrected chi connectivity index (χ4v) is 9.47. The highest BCUT2D eigenvalue weighted by Gasteiger charge is 2.16. The van der Waals surface area contributed by atoms with E-state index in [1.165, 1.54) is 193 Å². The van der Waals surface area contributed by atoms with E-state index >= 15 is 0 Å². The Labute approximate surface area is 472 Å². The predicted molar refractivity (Wildman–Crippen MR) is 334 cm³/mol. The van der Waals surface area contributed by atoms with Crippen LogP contribution in [0.15, 0.2) is 97.2 Å². The van der Waals surface area contributed by atoms with Crippen molar-refractivity contribution in [3.63, 3.8) is 0 Å². The van der Waals surface area contributed by atoms with Gasteiger partial charge in [-0.15, -0.1) is 0 Å². The fourth-order valence-electron chi connectivity index (χ4n) is 9.47. The highest BCUT2D eigenvalue weighted by atomic mass is 16.6. The number of unbranched alkanes of at least 4 members (excludes halogenated alkanes) is 36. The summed E-state index contributed by atoms with van der Waals surface area (Å²) in [5.41, 5.74) is 0. The summed E-state index contributed by atoms with van der Waals surface area (Å²) in [5.74, 6) is -0.606. The molecule has 0 aliphatic rings. The third-order valence-electron chi connectivity index (χ3n) is 14.4. The third-order valence-corrected chi connectivity index (χ3v) is 14.4. The van der Waals surface area contributed by atoms with E-state index in [4.69, 9.17) is 9.47 Å². The lowest BCUT2D eigenvalue weighted by atomic mass is 10.0. The summed E-state index contributed by atoms with van der Waals surface area (Å²) >= 11 is 0. The number of esters is 2. The van der Waals surface area contributed by atoms with Gasteiger partial charge >= 0.3 is 11.9 Å². The topological polar surface area (TPSA) is 72.8 Å². The number of aliphatic hydroxyl groups excluding tert-OH is 1. The molecule has 0 aromatic heterocycles. The van der Waals surface area contributed by atoms with Crippen LogP contribution < -0.4 is 0 Å². The van der Waals surface area contributed by atoms with Gasteiger partial charge in [-0.3, -0.25) is 9.59 Å². The molecular weight excluding hydrogens is 933 g/mol. The molecule has 0 saturated heterocycles. The van der Waals surface area contributed by atoms with Crippen LogP contribution in [0.5, 0.6) is 0 Å². The molecule has 0 heterocycles. The first kappa shape index (κ1) is 72.8. The average Bonchev–Trinajstić information content (AvgIpc) is 3.42. The number of carbonyl (C=O) groups is 2. The van der Waals surface area contributed by atoms with Crippen LogP contribution >= 0.6 is 0 Å². The van der Waals surface area contributed by atoms with E-state index in [0.717, 1.165) is 103 Å². The van der Waals surface area contributed by atoms with Crippen LogP contribution in [-0.4, -0.2) is 36.4 Å². The Bertz CT molecular complexity index is 1430. The van der Waals surface area contributed by atoms with E-state index in [1.54, 1.807) is 0 Å². The zero-order valence-electron chi connectivity index (χ0n) is 50.3. The second-order valence-corrected chi connectivity index (χ2v) is 21.8. The first-order chi connectivity index (χ1) is 37.6. The van der Waals surface area contributed by atoms with Gasteiger partial charge in [-0.1, -0.05) is 310 Å². The molecule has 0 bridgehead atoms. The summed E-state index contributed by atoms with van der Waals surface area (Å²) in [6, 6.07) is 0. The van der Waals surface area contributed by atoms with Gasteiger partial charge in [0.05, 0.1) is 6.61 Å². The van der Waals surface area contributed by atoms with Gasteiger partial charge < -0.3 is 14.6 Å². The van der Waals surface area contributed by atoms with Gasteiger partial charge in [0.15, 0.2) is 6.10 Å². The van der Waals surface area contributed by atoms with E-state index in [-0.39, 0.29) is 25.2 Å². The molecule has 438 valence electrons. The Morgan fingerprint density at radius 2 is 0.566 bits per heavy atom. The predicted octanol–water partition coefficient (Wildman–Crippen LogP) is 22.6. The van der Waals surface area contributed by atoms with Crippen LogP contribution in [-0.2, 0) is 19.1 Å². The lowest BCUT2D eigenvalue weighted by Crippen LogP contribution is -2.28. The van der Waals surface area contributed by atoms with Crippen molar-refractivity contribution in [3.05, 3.63) is 97.2 Å². The van der Waals surface area contributed by atoms with Gasteiger partial charge in [0.1, 0.15) is 6.61 Å². The van der Waals surface area contributed by atoms with Crippen LogP contribution in [0, 0.1) is 0 Å². The maximum absolute atomic E-state index is 12.3. The summed E-state index contributed by atoms with van der Waals surface area (Å²) in [4.78, 5) is 24.6. The maximum Gasteiger partial charge on any atom is 0.306 e. The van der Waals surface area contributed by atoms with E-state index < -0.39 is 6.10 Å². The second kappa shape index (κ2) is 66.1. The monoisotopic (exact) mass is 1060 g/mol. The minimum absolute atomic E-state index is 0.0762. The lowest BCUT2D eigenvalue weighted by Gasteiger charge is -2.15. The van der Waals surface area contributed by atoms with E-state index in [9.17, 15) is 14.7 Å². The van der Waals surface area contributed by atoms with Crippen molar-refractivity contribution in [3.8, 4) is 0 Å². The number of aliphatic hydroxyl groups is 1. The molecule has 1 atom stereocenters. The maximum atomic E-state index is 12.3. The number of hydrogen-bond acceptors (Lipinski definition) is 5. The van der Waals surface area contributed by atoms with Gasteiger partial charge in [-0.25, -0.2) is 0 Å². The highest BCUT2D eigenvalue weighted by molar-refractivity contribution is 5.70. The normalized spacial score (nSPS) is 12.8. The van der Waals surface area contributed by atoms with E-state index in [0.29, 0.717) is 12.8 Å². The minimum Gasteiger partial charge on any atom is -0.462 e. The van der Waals surface area contributed by atoms with E-state index in [1.807, 2.05) is 0 Å². The molecule has 5 heteroatoms. The summed E-state index contributed by atoms with van der Waals surface area (Å²) in [6.45, 7) is 4.04. The molecule has 1 N–H and O–H groups in total. The average molecular weight is 1060 g/mol. The van der Waals surface area contributed by atoms with Crippen molar-refractivity contribution in [1.29, 1.82) is 0 Å². The largest absolute Gasteiger partial charge is 0.462 e. The summed E-state index contributed by atoms with van der Waals surface area (Å²) in [7, 11) is 0. The number of rotatable bonds is 60. The molecule has 0 saturated carbocycles. The lowest BCUT2D eigenvalue weighted by molar-refractivity contribution is -0.161. The third kappa shape index (κ3) is 63.4. The molecule has 5 nitrogen and oxygen atoms in total. The fraction of sp³-hybridized carbons (Fsp3) is 0.746. The van der Waals surface area contributed by atoms with Gasteiger partial charge in [0.25, 0.3) is 0 Å². The Morgan fingerprint density at radius 3 is 0.868 bits per heavy atom. The zero-order chi connectivity index (χ0) is 54.8. The first-order valence-electron chi connectivity index (χ1n) is 32.8. The van der Waals surface area contributed by atoms with Crippen molar-refractivity contribution in [2.24, 2.45) is 0 Å². The smallest absolute Gasteiger partial charge is 0.306 e. The summed E-state index contributed by atoms with van der Waals surface area (Å²) < 4.78 is 10.7. The second-order valence-electron chi connectivity index (χ2n) is 21.8. The van der Waals surface area contributed by atoms with Crippen LogP contribution in [0.25, 0.3) is 0 Å². The molecule has 0 amide bonds. The molecule has 0 aromatic rings. The van der Waals surface area contributed by atoms with Crippen LogP contribution in [0.1, 0.15) is 322 Å². The molecule has 76 heavy (non-hydrogen) atoms. The molecule has 0 radical (unpaired) electrons. The van der Waals surface area contributed by atoms with Crippen LogP contribution in [0.4, 0.5) is 0 Å². The van der Waals surface area contributed by atoms with Crippen LogP contribution in [0.2, 0.25) is 0 Å². The number of ether oxygens (including phenoxy) is 2. The van der Waals surface area contributed by atoms with Crippen molar-refractivity contribution in [2.45, 2.75) is 328 Å². The van der Waals surface area contributed by atoms with Crippen molar-refractivity contribution < 1.29 is 24.2 Å². The Morgan fingerprint density at radius 1 is 0.316 bits per heavy atom. The molecule has 0 fully saturated rings. The number of allylic oxidation sites excluding steroid dienone is 16. The van der Waals surface area contributed by atoms with Gasteiger partial charge in [0.2, 0.25) is 0 Å². The van der Waals surface area contributed by atoms with Gasteiger partial charge in [-0.05, 0) is 96.3 Å². The van der Waals surface area contributed by atoms with Gasteiger partial charge in [0, 0.05) is 12.8 Å². The molecule has 0 aromatic carbocycles. The minimum atomic E-state index is -0.789. The quantitative estimate of drug-likeness (QED) is 0.0373. The summed E-state index contributed by atoms with van der Waals surface area (Å²) in [6.07, 6.45) is 94.2. The van der Waals surface area contributed by atoms with E-state index in [2.05, 4.69) is 111 Å². The molecule has 1 unspecified atom stereocenters. The van der Waals surface area contributed by atoms with Crippen molar-refractivity contribution >= 4 is 11.9 Å². The highest BCUT2D eigenvalue weighted by Crippen LogP contribution is 2.17. The Balaban J connectivity index is 3.48. The summed E-state index contributed by atoms with van der Waals surface area (Å²) in [5, 5.41) is 9.68. The van der Waals surface area contributed by atoms with Crippen molar-refractivity contribution in [1.82, 2.24) is 0 Å². The number of hydrogen-bond donors (Lipinski definition) is 1. The molecule has 0 spiro atoms. The Hall–Kier alpha value is -3.18. The SMILES string of the molecule is CC/C=C\C/C=C\C/C=C\C/C=C\C/C=C\C/C=C\C/C=C\CCCCCCCC(=O)OC(CO)COC(=O)CCCCCCCCCCCCCCCCCCCCCCCCC/C=C\CCCCCCCCCC. The van der Waals surface area contributed by atoms with Crippen LogP contribution in [0.3, 0.4) is 0 Å². The Kier molecular flexibility index (Phi) is 63.3. The van der Waals surface area contributed by atoms with Crippen molar-refractivity contribution in [2.75, 3.05) is 13.2 Å². The number of carbonyl (C=O) groups excluding carboxylic acids is 2. The molecule has 0 aliphatic carbocycles. The van der Waals surface area contributed by atoms with Gasteiger partial charge in [-0.2, -0.15) is 0 Å². The first-order valence-corrected chi connectivity index (χ1v) is 32.8.